The van der Waals surface area contributed by atoms with Gasteiger partial charge in [-0.15, -0.1) is 0 Å². The summed E-state index contributed by atoms with van der Waals surface area (Å²) in [4.78, 5) is 17.3. The van der Waals surface area contributed by atoms with Crippen molar-refractivity contribution < 1.29 is 9.28 Å². The third-order valence-corrected chi connectivity index (χ3v) is 5.30. The van der Waals surface area contributed by atoms with Crippen molar-refractivity contribution in [3.05, 3.63) is 48.5 Å². The molecule has 0 saturated carbocycles. The summed E-state index contributed by atoms with van der Waals surface area (Å²) in [5.74, 6) is 0.132. The van der Waals surface area contributed by atoms with E-state index in [0.717, 1.165) is 21.2 Å². The second-order valence-corrected chi connectivity index (χ2v) is 7.59. The highest BCUT2D eigenvalue weighted by Gasteiger charge is 2.36. The van der Waals surface area contributed by atoms with Gasteiger partial charge in [0.05, 0.1) is 32.5 Å². The Labute approximate surface area is 136 Å². The van der Waals surface area contributed by atoms with Crippen LogP contribution < -0.4 is 4.90 Å². The maximum atomic E-state index is 13.2. The Morgan fingerprint density at radius 2 is 1.41 bits per heavy atom. The van der Waals surface area contributed by atoms with Gasteiger partial charge in [0.1, 0.15) is 0 Å². The molecular weight excluding hydrogens is 292 g/mol. The fourth-order valence-electron chi connectivity index (χ4n) is 2.46. The molecule has 0 aliphatic carbocycles. The van der Waals surface area contributed by atoms with Crippen LogP contribution in [0.4, 0.5) is 11.4 Å². The molecule has 2 aromatic carbocycles. The lowest BCUT2D eigenvalue weighted by Gasteiger charge is -2.37. The Bertz CT molecular complexity index is 676. The summed E-state index contributed by atoms with van der Waals surface area (Å²) in [6.45, 7) is 2.00. The zero-order chi connectivity index (χ0) is 15.9. The molecule has 3 rings (SSSR count). The number of hydrogen-bond donors (Lipinski definition) is 0. The second kappa shape index (κ2) is 5.45. The minimum absolute atomic E-state index is 0.121. The predicted molar refractivity (Wildman–Crippen MR) is 91.6 cm³/mol. The van der Waals surface area contributed by atoms with Crippen LogP contribution in [0.5, 0.6) is 0 Å². The largest absolute Gasteiger partial charge is 0.321 e. The molecule has 0 bridgehead atoms. The van der Waals surface area contributed by atoms with Crippen LogP contribution in [0.25, 0.3) is 0 Å². The second-order valence-electron chi connectivity index (χ2n) is 6.50. The first kappa shape index (κ1) is 15.1. The van der Waals surface area contributed by atoms with Crippen molar-refractivity contribution >= 4 is 29.0 Å². The van der Waals surface area contributed by atoms with Crippen molar-refractivity contribution in [2.75, 3.05) is 26.0 Å². The van der Waals surface area contributed by atoms with Crippen molar-refractivity contribution in [3.8, 4) is 0 Å². The number of para-hydroxylation sites is 2. The van der Waals surface area contributed by atoms with E-state index in [0.29, 0.717) is 4.48 Å². The lowest BCUT2D eigenvalue weighted by molar-refractivity contribution is -0.884. The Morgan fingerprint density at radius 3 is 1.86 bits per heavy atom. The minimum Gasteiger partial charge on any atom is -0.321 e. The van der Waals surface area contributed by atoms with Gasteiger partial charge in [-0.25, -0.2) is 0 Å². The molecule has 1 amide bonds. The number of fused-ring (bicyclic) bond motifs is 2. The predicted octanol–water partition coefficient (Wildman–Crippen LogP) is 3.91. The topological polar surface area (TPSA) is 20.3 Å². The quantitative estimate of drug-likeness (QED) is 0.784. The van der Waals surface area contributed by atoms with E-state index in [1.54, 1.807) is 11.8 Å². The fourth-order valence-corrected chi connectivity index (χ4v) is 3.52. The smallest absolute Gasteiger partial charge is 0.289 e. The van der Waals surface area contributed by atoms with Gasteiger partial charge in [0.2, 0.25) is 0 Å². The number of benzene rings is 2. The fraction of sp³-hybridized carbons (Fsp3) is 0.278. The van der Waals surface area contributed by atoms with Crippen LogP contribution in [0.3, 0.4) is 0 Å². The van der Waals surface area contributed by atoms with Crippen molar-refractivity contribution in [3.63, 3.8) is 0 Å². The number of likely N-dealkylation sites (N-methyl/N-ethyl adjacent to an activating group) is 1. The van der Waals surface area contributed by atoms with Crippen molar-refractivity contribution in [2.45, 2.75) is 22.8 Å². The summed E-state index contributed by atoms with van der Waals surface area (Å²) in [5.41, 5.74) is 1.97. The maximum absolute atomic E-state index is 13.2. The Hall–Kier alpha value is -1.78. The molecule has 1 aliphatic rings. The number of quaternary nitrogens is 1. The first-order valence-corrected chi connectivity index (χ1v) is 8.22. The Morgan fingerprint density at radius 1 is 0.955 bits per heavy atom. The molecule has 1 atom stereocenters. The van der Waals surface area contributed by atoms with Gasteiger partial charge in [-0.05, 0) is 31.2 Å². The normalized spacial score (nSPS) is 15.0. The third kappa shape index (κ3) is 2.53. The van der Waals surface area contributed by atoms with E-state index in [2.05, 4.69) is 33.3 Å². The van der Waals surface area contributed by atoms with Crippen molar-refractivity contribution in [1.82, 2.24) is 0 Å². The number of rotatable bonds is 2. The molecule has 114 valence electrons. The number of carbonyl (C=O) groups excluding carboxylic acids is 1. The number of amides is 1. The average molecular weight is 313 g/mol. The van der Waals surface area contributed by atoms with Crippen LogP contribution in [0.1, 0.15) is 6.92 Å². The minimum atomic E-state index is -0.121. The molecule has 3 nitrogen and oxygen atoms in total. The monoisotopic (exact) mass is 313 g/mol. The van der Waals surface area contributed by atoms with E-state index in [4.69, 9.17) is 0 Å². The molecule has 1 unspecified atom stereocenters. The lowest BCUT2D eigenvalue weighted by Crippen LogP contribution is -2.52. The Kier molecular flexibility index (Phi) is 3.75. The van der Waals surface area contributed by atoms with Crippen LogP contribution in [0.15, 0.2) is 58.3 Å². The van der Waals surface area contributed by atoms with Gasteiger partial charge in [-0.2, -0.15) is 0 Å². The molecule has 1 heterocycles. The SMILES string of the molecule is CC(C(=O)N1c2ccccc2Sc2ccccc21)[N+](C)(C)C. The molecule has 0 saturated heterocycles. The molecule has 0 N–H and O–H groups in total. The van der Waals surface area contributed by atoms with Crippen LogP contribution >= 0.6 is 11.8 Å². The molecule has 1 aliphatic heterocycles. The molecule has 4 heteroatoms. The summed E-state index contributed by atoms with van der Waals surface area (Å²) in [6.07, 6.45) is 0. The standard InChI is InChI=1S/C18H21N2OS/c1-13(20(2,3)4)18(21)19-14-9-5-7-11-16(14)22-17-12-8-6-10-15(17)19/h5-13H,1-4H3/q+1. The van der Waals surface area contributed by atoms with E-state index >= 15 is 0 Å². The van der Waals surface area contributed by atoms with Crippen molar-refractivity contribution in [1.29, 1.82) is 0 Å². The van der Waals surface area contributed by atoms with Gasteiger partial charge in [0.15, 0.2) is 6.04 Å². The highest BCUT2D eigenvalue weighted by molar-refractivity contribution is 7.99. The molecule has 0 spiro atoms. The molecule has 0 radical (unpaired) electrons. The van der Waals surface area contributed by atoms with Crippen LogP contribution in [0, 0.1) is 0 Å². The van der Waals surface area contributed by atoms with Crippen LogP contribution in [-0.2, 0) is 4.79 Å². The number of carbonyl (C=O) groups is 1. The molecular formula is C18H21N2OS+. The molecule has 2 aromatic rings. The first-order valence-electron chi connectivity index (χ1n) is 7.40. The van der Waals surface area contributed by atoms with Gasteiger partial charge < -0.3 is 4.48 Å². The van der Waals surface area contributed by atoms with E-state index in [-0.39, 0.29) is 11.9 Å². The third-order valence-electron chi connectivity index (χ3n) is 4.17. The van der Waals surface area contributed by atoms with E-state index < -0.39 is 0 Å². The number of hydrogen-bond acceptors (Lipinski definition) is 2. The van der Waals surface area contributed by atoms with Gasteiger partial charge in [0.25, 0.3) is 5.91 Å². The lowest BCUT2D eigenvalue weighted by atomic mass is 10.1. The van der Waals surface area contributed by atoms with Gasteiger partial charge >= 0.3 is 0 Å². The highest BCUT2D eigenvalue weighted by atomic mass is 32.2. The molecule has 0 aromatic heterocycles. The summed E-state index contributed by atoms with van der Waals surface area (Å²) >= 11 is 1.72. The molecule has 0 fully saturated rings. The van der Waals surface area contributed by atoms with Crippen LogP contribution in [0.2, 0.25) is 0 Å². The van der Waals surface area contributed by atoms with E-state index in [9.17, 15) is 4.79 Å². The van der Waals surface area contributed by atoms with Gasteiger partial charge in [-0.3, -0.25) is 9.69 Å². The number of nitrogens with zero attached hydrogens (tertiary/aromatic N) is 2. The average Bonchev–Trinajstić information content (AvgIpc) is 2.50. The highest BCUT2D eigenvalue weighted by Crippen LogP contribution is 2.48. The van der Waals surface area contributed by atoms with E-state index in [1.165, 1.54) is 0 Å². The zero-order valence-corrected chi connectivity index (χ0v) is 14.2. The maximum Gasteiger partial charge on any atom is 0.289 e. The van der Waals surface area contributed by atoms with Crippen molar-refractivity contribution in [2.24, 2.45) is 0 Å². The summed E-state index contributed by atoms with van der Waals surface area (Å²) in [7, 11) is 6.16. The van der Waals surface area contributed by atoms with E-state index in [1.807, 2.05) is 48.2 Å². The summed E-state index contributed by atoms with van der Waals surface area (Å²) in [6, 6.07) is 16.1. The summed E-state index contributed by atoms with van der Waals surface area (Å²) < 4.78 is 0.604. The van der Waals surface area contributed by atoms with Crippen LogP contribution in [-0.4, -0.2) is 37.6 Å². The number of anilines is 2. The first-order chi connectivity index (χ1) is 10.4. The van der Waals surface area contributed by atoms with Gasteiger partial charge in [0, 0.05) is 9.79 Å². The van der Waals surface area contributed by atoms with Gasteiger partial charge in [-0.1, -0.05) is 36.0 Å². The Balaban J connectivity index is 2.13. The zero-order valence-electron chi connectivity index (χ0n) is 13.4. The molecule has 22 heavy (non-hydrogen) atoms. The summed E-state index contributed by atoms with van der Waals surface area (Å²) in [5, 5.41) is 0.